The molecule has 0 spiro atoms. The number of hydrogen-bond acceptors (Lipinski definition) is 3. The Morgan fingerprint density at radius 2 is 1.71 bits per heavy atom. The van der Waals surface area contributed by atoms with E-state index in [4.69, 9.17) is 4.99 Å². The molecule has 2 fully saturated rings. The molecule has 1 N–H and O–H groups in total. The first-order valence-electron chi connectivity index (χ1n) is 10.2. The van der Waals surface area contributed by atoms with E-state index in [2.05, 4.69) is 43.1 Å². The molecule has 1 aliphatic carbocycles. The van der Waals surface area contributed by atoms with Gasteiger partial charge in [-0.2, -0.15) is 0 Å². The summed E-state index contributed by atoms with van der Waals surface area (Å²) in [5.74, 6) is 0.827. The molecule has 1 atom stereocenters. The lowest BCUT2D eigenvalue weighted by Gasteiger charge is -2.22. The number of amidine groups is 1. The Kier molecular flexibility index (Phi) is 8.44. The van der Waals surface area contributed by atoms with Gasteiger partial charge in [-0.25, -0.2) is 0 Å². The van der Waals surface area contributed by atoms with Gasteiger partial charge in [-0.15, -0.1) is 17.0 Å². The van der Waals surface area contributed by atoms with Crippen LogP contribution in [0.1, 0.15) is 64.9 Å². The van der Waals surface area contributed by atoms with Crippen molar-refractivity contribution in [1.29, 1.82) is 0 Å². The zero-order chi connectivity index (χ0) is 19.4. The van der Waals surface area contributed by atoms with Crippen molar-refractivity contribution in [3.8, 4) is 0 Å². The number of aliphatic imine (C=N–C) groups is 1. The molecule has 28 heavy (non-hydrogen) atoms. The molecule has 4 nitrogen and oxygen atoms in total. The van der Waals surface area contributed by atoms with E-state index in [0.29, 0.717) is 6.04 Å². The van der Waals surface area contributed by atoms with Gasteiger partial charge in [-0.1, -0.05) is 70.3 Å². The fraction of sp³-hybridized carbons (Fsp3) is 0.636. The summed E-state index contributed by atoms with van der Waals surface area (Å²) in [4.78, 5) is 19.8. The smallest absolute Gasteiger partial charge is 0.248 e. The van der Waals surface area contributed by atoms with Crippen LogP contribution in [0, 0.1) is 0 Å². The van der Waals surface area contributed by atoms with Gasteiger partial charge in [0, 0.05) is 18.5 Å². The number of thioether (sulfide) groups is 1. The molecule has 1 heterocycles. The Bertz CT molecular complexity index is 676. The molecule has 2 aliphatic rings. The summed E-state index contributed by atoms with van der Waals surface area (Å²) in [6.45, 7) is 6.58. The van der Waals surface area contributed by atoms with E-state index in [1.54, 1.807) is 11.8 Å². The summed E-state index contributed by atoms with van der Waals surface area (Å²) in [6.07, 6.45) is 7.62. The third-order valence-electron chi connectivity index (χ3n) is 5.58. The van der Waals surface area contributed by atoms with E-state index < -0.39 is 0 Å². The Labute approximate surface area is 184 Å². The molecular weight excluding hydrogens is 434 g/mol. The van der Waals surface area contributed by atoms with E-state index in [1.807, 2.05) is 19.2 Å². The number of carbonyl (C=O) groups is 1. The summed E-state index contributed by atoms with van der Waals surface area (Å²) in [6, 6.07) is 8.48. The number of nitrogens with zero attached hydrogens (tertiary/aromatic N) is 2. The molecule has 1 aromatic carbocycles. The zero-order valence-corrected chi connectivity index (χ0v) is 20.1. The number of nitrogens with one attached hydrogen (secondary N) is 1. The summed E-state index contributed by atoms with van der Waals surface area (Å²) >= 11 is 1.72. The molecule has 156 valence electrons. The monoisotopic (exact) mass is 467 g/mol. The van der Waals surface area contributed by atoms with Gasteiger partial charge >= 0.3 is 0 Å². The Morgan fingerprint density at radius 3 is 2.29 bits per heavy atom. The van der Waals surface area contributed by atoms with Crippen molar-refractivity contribution >= 4 is 45.5 Å². The van der Waals surface area contributed by atoms with Crippen molar-refractivity contribution in [2.24, 2.45) is 4.99 Å². The zero-order valence-electron chi connectivity index (χ0n) is 17.5. The quantitative estimate of drug-likeness (QED) is 0.585. The Morgan fingerprint density at radius 1 is 1.11 bits per heavy atom. The van der Waals surface area contributed by atoms with E-state index in [-0.39, 0.29) is 34.3 Å². The van der Waals surface area contributed by atoms with Crippen LogP contribution >= 0.6 is 28.7 Å². The maximum absolute atomic E-state index is 12.8. The van der Waals surface area contributed by atoms with Gasteiger partial charge < -0.3 is 10.2 Å². The van der Waals surface area contributed by atoms with Crippen molar-refractivity contribution < 1.29 is 4.79 Å². The molecule has 1 unspecified atom stereocenters. The van der Waals surface area contributed by atoms with Crippen LogP contribution in [0.5, 0.6) is 0 Å². The number of rotatable bonds is 3. The second-order valence-corrected chi connectivity index (χ2v) is 9.80. The second-order valence-electron chi connectivity index (χ2n) is 8.81. The molecule has 1 saturated heterocycles. The van der Waals surface area contributed by atoms with Gasteiger partial charge in [-0.05, 0) is 36.0 Å². The molecule has 0 aromatic heterocycles. The first-order chi connectivity index (χ1) is 12.8. The molecule has 0 radical (unpaired) electrons. The van der Waals surface area contributed by atoms with Crippen molar-refractivity contribution in [3.05, 3.63) is 29.8 Å². The standard InChI is InChI=1S/C22H33N3OS.BrH/c1-22(2,3)16-11-13-18(14-12-16)23-20(26)19-15-27-21(25(19)4)24-17-9-7-5-6-8-10-17;/h11-14,17,19H,5-10,15H2,1-4H3,(H,23,26);1H. The molecule has 6 heteroatoms. The van der Waals surface area contributed by atoms with Crippen LogP contribution in [0.3, 0.4) is 0 Å². The highest BCUT2D eigenvalue weighted by atomic mass is 79.9. The van der Waals surface area contributed by atoms with Crippen LogP contribution in [0.15, 0.2) is 29.3 Å². The number of amides is 1. The number of hydrogen-bond donors (Lipinski definition) is 1. The predicted octanol–water partition coefficient (Wildman–Crippen LogP) is 5.63. The summed E-state index contributed by atoms with van der Waals surface area (Å²) in [5.41, 5.74) is 2.25. The third kappa shape index (κ3) is 5.99. The fourth-order valence-electron chi connectivity index (χ4n) is 3.70. The van der Waals surface area contributed by atoms with Crippen LogP contribution < -0.4 is 5.32 Å². The fourth-order valence-corrected chi connectivity index (χ4v) is 4.94. The molecular formula is C22H34BrN3OS. The highest BCUT2D eigenvalue weighted by Crippen LogP contribution is 2.28. The third-order valence-corrected chi connectivity index (χ3v) is 6.71. The second kappa shape index (κ2) is 10.1. The lowest BCUT2D eigenvalue weighted by Crippen LogP contribution is -2.40. The lowest BCUT2D eigenvalue weighted by atomic mass is 9.87. The summed E-state index contributed by atoms with van der Waals surface area (Å²) in [5, 5.41) is 4.11. The van der Waals surface area contributed by atoms with Gasteiger partial charge in [0.15, 0.2) is 5.17 Å². The topological polar surface area (TPSA) is 44.7 Å². The van der Waals surface area contributed by atoms with Crippen molar-refractivity contribution in [2.45, 2.75) is 76.8 Å². The van der Waals surface area contributed by atoms with Crippen LogP contribution in [0.4, 0.5) is 5.69 Å². The first-order valence-corrected chi connectivity index (χ1v) is 11.2. The molecule has 1 saturated carbocycles. The normalized spacial score (nSPS) is 22.6. The molecule has 3 rings (SSSR count). The molecule has 1 amide bonds. The highest BCUT2D eigenvalue weighted by Gasteiger charge is 2.33. The predicted molar refractivity (Wildman–Crippen MR) is 127 cm³/mol. The van der Waals surface area contributed by atoms with Crippen molar-refractivity contribution in [3.63, 3.8) is 0 Å². The van der Waals surface area contributed by atoms with Gasteiger partial charge in [0.25, 0.3) is 0 Å². The minimum atomic E-state index is -0.151. The van der Waals surface area contributed by atoms with Crippen LogP contribution in [-0.2, 0) is 10.2 Å². The van der Waals surface area contributed by atoms with Gasteiger partial charge in [0.05, 0.1) is 6.04 Å². The maximum Gasteiger partial charge on any atom is 0.248 e. The molecule has 1 aromatic rings. The first kappa shape index (κ1) is 23.3. The van der Waals surface area contributed by atoms with E-state index in [0.717, 1.165) is 16.6 Å². The van der Waals surface area contributed by atoms with Crippen LogP contribution in [0.2, 0.25) is 0 Å². The average Bonchev–Trinajstić information content (AvgIpc) is 2.82. The minimum Gasteiger partial charge on any atom is -0.342 e. The highest BCUT2D eigenvalue weighted by molar-refractivity contribution is 8.93. The van der Waals surface area contributed by atoms with Gasteiger partial charge in [0.2, 0.25) is 5.91 Å². The molecule has 0 bridgehead atoms. The van der Waals surface area contributed by atoms with Crippen molar-refractivity contribution in [1.82, 2.24) is 4.90 Å². The number of likely N-dealkylation sites (N-methyl/N-ethyl adjacent to an activating group) is 1. The summed E-state index contributed by atoms with van der Waals surface area (Å²) < 4.78 is 0. The number of anilines is 1. The Hall–Kier alpha value is -1.01. The number of benzene rings is 1. The summed E-state index contributed by atoms with van der Waals surface area (Å²) in [7, 11) is 2.00. The SMILES string of the molecule is Br.CN1C(=NC2CCCCCC2)SCC1C(=O)Nc1ccc(C(C)(C)C)cc1. The van der Waals surface area contributed by atoms with E-state index in [1.165, 1.54) is 44.1 Å². The number of halogens is 1. The number of carbonyl (C=O) groups excluding carboxylic acids is 1. The van der Waals surface area contributed by atoms with Crippen LogP contribution in [-0.4, -0.2) is 40.9 Å². The lowest BCUT2D eigenvalue weighted by molar-refractivity contribution is -0.118. The molecule has 1 aliphatic heterocycles. The average molecular weight is 469 g/mol. The van der Waals surface area contributed by atoms with Gasteiger partial charge in [-0.3, -0.25) is 9.79 Å². The Balaban J connectivity index is 0.00000280. The van der Waals surface area contributed by atoms with E-state index >= 15 is 0 Å². The van der Waals surface area contributed by atoms with Crippen LogP contribution in [0.25, 0.3) is 0 Å². The maximum atomic E-state index is 12.8. The van der Waals surface area contributed by atoms with Crippen molar-refractivity contribution in [2.75, 3.05) is 18.1 Å². The van der Waals surface area contributed by atoms with Gasteiger partial charge in [0.1, 0.15) is 6.04 Å². The largest absolute Gasteiger partial charge is 0.342 e. The van der Waals surface area contributed by atoms with E-state index in [9.17, 15) is 4.79 Å². The minimum absolute atomic E-state index is 0.